The van der Waals surface area contributed by atoms with Crippen LogP contribution in [0.2, 0.25) is 5.02 Å². The molecule has 224 valence electrons. The summed E-state index contributed by atoms with van der Waals surface area (Å²) in [6.07, 6.45) is 0.185. The molecule has 0 aromatic heterocycles. The summed E-state index contributed by atoms with van der Waals surface area (Å²) < 4.78 is 42.7. The topological polar surface area (TPSA) is 86.8 Å². The number of halogens is 2. The van der Waals surface area contributed by atoms with Crippen molar-refractivity contribution in [2.75, 3.05) is 17.4 Å². The van der Waals surface area contributed by atoms with E-state index in [-0.39, 0.29) is 29.5 Å². The molecule has 7 nitrogen and oxygen atoms in total. The Hall–Kier alpha value is -4.21. The van der Waals surface area contributed by atoms with Crippen molar-refractivity contribution in [2.45, 2.75) is 37.8 Å². The highest BCUT2D eigenvalue weighted by Crippen LogP contribution is 2.26. The third-order valence-corrected chi connectivity index (χ3v) is 9.08. The molecule has 2 amide bonds. The minimum absolute atomic E-state index is 0.0301. The zero-order valence-corrected chi connectivity index (χ0v) is 25.5. The number of rotatable bonds is 12. The molecule has 43 heavy (non-hydrogen) atoms. The molecule has 0 aliphatic rings. The molecule has 0 radical (unpaired) electrons. The van der Waals surface area contributed by atoms with E-state index in [1.807, 2.05) is 37.3 Å². The number of hydrogen-bond donors (Lipinski definition) is 1. The van der Waals surface area contributed by atoms with E-state index in [1.165, 1.54) is 29.2 Å². The monoisotopic (exact) mass is 621 g/mol. The molecule has 0 unspecified atom stereocenters. The summed E-state index contributed by atoms with van der Waals surface area (Å²) in [5, 5.41) is 3.22. The maximum Gasteiger partial charge on any atom is 0.264 e. The summed E-state index contributed by atoms with van der Waals surface area (Å²) in [4.78, 5) is 29.1. The van der Waals surface area contributed by atoms with Crippen molar-refractivity contribution in [2.24, 2.45) is 0 Å². The molecule has 0 saturated heterocycles. The van der Waals surface area contributed by atoms with Crippen LogP contribution in [0.1, 0.15) is 23.6 Å². The second-order valence-electron chi connectivity index (χ2n) is 10.0. The van der Waals surface area contributed by atoms with Crippen molar-refractivity contribution in [1.29, 1.82) is 0 Å². The number of aryl methyl sites for hydroxylation is 1. The summed E-state index contributed by atoms with van der Waals surface area (Å²) in [6.45, 7) is 3.26. The minimum Gasteiger partial charge on any atom is -0.355 e. The first-order valence-corrected chi connectivity index (χ1v) is 15.6. The van der Waals surface area contributed by atoms with Crippen LogP contribution >= 0.6 is 11.6 Å². The van der Waals surface area contributed by atoms with E-state index in [4.69, 9.17) is 11.6 Å². The fourth-order valence-corrected chi connectivity index (χ4v) is 6.24. The molecule has 0 spiro atoms. The molecule has 4 aromatic carbocycles. The van der Waals surface area contributed by atoms with Crippen LogP contribution in [0.25, 0.3) is 0 Å². The largest absolute Gasteiger partial charge is 0.355 e. The molecule has 0 aliphatic carbocycles. The van der Waals surface area contributed by atoms with Crippen LogP contribution in [-0.4, -0.2) is 44.3 Å². The second-order valence-corrected chi connectivity index (χ2v) is 12.3. The Morgan fingerprint density at radius 3 is 2.14 bits per heavy atom. The normalized spacial score (nSPS) is 11.9. The number of nitrogens with one attached hydrogen (secondary N) is 1. The van der Waals surface area contributed by atoms with Crippen molar-refractivity contribution in [3.63, 3.8) is 0 Å². The highest BCUT2D eigenvalue weighted by molar-refractivity contribution is 7.92. The summed E-state index contributed by atoms with van der Waals surface area (Å²) >= 11 is 6.48. The Kier molecular flexibility index (Phi) is 10.6. The number of nitrogens with zero attached hydrogens (tertiary/aromatic N) is 2. The van der Waals surface area contributed by atoms with Crippen LogP contribution < -0.4 is 9.62 Å². The molecule has 0 bridgehead atoms. The molecule has 0 aliphatic heterocycles. The van der Waals surface area contributed by atoms with Crippen molar-refractivity contribution in [1.82, 2.24) is 10.2 Å². The maximum atomic E-state index is 14.3. The lowest BCUT2D eigenvalue weighted by Crippen LogP contribution is -2.53. The number of carbonyl (C=O) groups is 2. The van der Waals surface area contributed by atoms with Crippen LogP contribution in [0.15, 0.2) is 108 Å². The van der Waals surface area contributed by atoms with E-state index in [2.05, 4.69) is 5.32 Å². The van der Waals surface area contributed by atoms with Gasteiger partial charge in [0.1, 0.15) is 18.4 Å². The average molecular weight is 622 g/mol. The van der Waals surface area contributed by atoms with E-state index in [9.17, 15) is 22.4 Å². The Morgan fingerprint density at radius 1 is 0.884 bits per heavy atom. The molecule has 0 heterocycles. The summed E-state index contributed by atoms with van der Waals surface area (Å²) in [5.41, 5.74) is 2.37. The van der Waals surface area contributed by atoms with E-state index < -0.39 is 34.3 Å². The molecule has 4 rings (SSSR count). The van der Waals surface area contributed by atoms with E-state index in [0.717, 1.165) is 27.6 Å². The smallest absolute Gasteiger partial charge is 0.264 e. The predicted molar refractivity (Wildman–Crippen MR) is 167 cm³/mol. The van der Waals surface area contributed by atoms with Gasteiger partial charge >= 0.3 is 0 Å². The first-order valence-electron chi connectivity index (χ1n) is 13.8. The average Bonchev–Trinajstić information content (AvgIpc) is 3.00. The lowest BCUT2D eigenvalue weighted by Gasteiger charge is -2.34. The fraction of sp³-hybridized carbons (Fsp3) is 0.212. The quantitative estimate of drug-likeness (QED) is 0.218. The van der Waals surface area contributed by atoms with Crippen molar-refractivity contribution >= 4 is 39.1 Å². The Labute approximate surface area is 257 Å². The van der Waals surface area contributed by atoms with Gasteiger partial charge in [-0.25, -0.2) is 12.8 Å². The zero-order valence-electron chi connectivity index (χ0n) is 23.9. The van der Waals surface area contributed by atoms with Crippen LogP contribution in [0.3, 0.4) is 0 Å². The molecular formula is C33H33ClFN3O4S. The zero-order chi connectivity index (χ0) is 31.0. The van der Waals surface area contributed by atoms with Gasteiger partial charge in [0.15, 0.2) is 0 Å². The maximum absolute atomic E-state index is 14.3. The van der Waals surface area contributed by atoms with Crippen LogP contribution in [0.4, 0.5) is 10.1 Å². The SMILES string of the molecule is CCNC(=O)[C@H](Cc1ccccc1)N(Cc1ccccc1Cl)C(=O)CN(c1ccc(F)cc1)S(=O)(=O)c1ccc(C)cc1. The summed E-state index contributed by atoms with van der Waals surface area (Å²) in [6, 6.07) is 26.3. The number of likely N-dealkylation sites (N-methyl/N-ethyl adjacent to an activating group) is 1. The van der Waals surface area contributed by atoms with Crippen molar-refractivity contribution < 1.29 is 22.4 Å². The molecule has 4 aromatic rings. The number of benzene rings is 4. The van der Waals surface area contributed by atoms with Crippen molar-refractivity contribution in [3.8, 4) is 0 Å². The Morgan fingerprint density at radius 2 is 1.51 bits per heavy atom. The molecule has 1 atom stereocenters. The fourth-order valence-electron chi connectivity index (χ4n) is 4.63. The lowest BCUT2D eigenvalue weighted by molar-refractivity contribution is -0.140. The van der Waals surface area contributed by atoms with E-state index >= 15 is 0 Å². The predicted octanol–water partition coefficient (Wildman–Crippen LogP) is 5.76. The van der Waals surface area contributed by atoms with Gasteiger partial charge in [-0.05, 0) is 67.4 Å². The van der Waals surface area contributed by atoms with Gasteiger partial charge in [0, 0.05) is 24.5 Å². The van der Waals surface area contributed by atoms with Gasteiger partial charge in [0.05, 0.1) is 10.6 Å². The number of anilines is 1. The van der Waals surface area contributed by atoms with Crippen molar-refractivity contribution in [3.05, 3.63) is 131 Å². The molecular weight excluding hydrogens is 589 g/mol. The van der Waals surface area contributed by atoms with Gasteiger partial charge < -0.3 is 10.2 Å². The molecule has 10 heteroatoms. The Balaban J connectivity index is 1.80. The third-order valence-electron chi connectivity index (χ3n) is 6.92. The van der Waals surface area contributed by atoms with Gasteiger partial charge in [0.2, 0.25) is 11.8 Å². The standard InChI is InChI=1S/C33H33ClFN3O4S/c1-3-36-33(40)31(21-25-9-5-4-6-10-25)37(22-26-11-7-8-12-30(26)34)32(39)23-38(28-17-15-27(35)16-18-28)43(41,42)29-19-13-24(2)14-20-29/h4-20,31H,3,21-23H2,1-2H3,(H,36,40)/t31-/m0/s1. The van der Waals surface area contributed by atoms with Gasteiger partial charge in [-0.1, -0.05) is 77.8 Å². The van der Waals surface area contributed by atoms with Gasteiger partial charge in [-0.3, -0.25) is 13.9 Å². The van der Waals surface area contributed by atoms with E-state index in [0.29, 0.717) is 17.1 Å². The summed E-state index contributed by atoms with van der Waals surface area (Å²) in [5.74, 6) is -1.57. The summed E-state index contributed by atoms with van der Waals surface area (Å²) in [7, 11) is -4.27. The van der Waals surface area contributed by atoms with Gasteiger partial charge in [0.25, 0.3) is 10.0 Å². The highest BCUT2D eigenvalue weighted by Gasteiger charge is 2.34. The number of amides is 2. The molecule has 0 fully saturated rings. The minimum atomic E-state index is -4.27. The first kappa shape index (κ1) is 31.7. The number of hydrogen-bond acceptors (Lipinski definition) is 4. The van der Waals surface area contributed by atoms with Crippen LogP contribution in [-0.2, 0) is 32.6 Å². The lowest BCUT2D eigenvalue weighted by atomic mass is 10.0. The molecule has 0 saturated carbocycles. The second kappa shape index (κ2) is 14.3. The number of sulfonamides is 1. The van der Waals surface area contributed by atoms with Gasteiger partial charge in [-0.15, -0.1) is 0 Å². The van der Waals surface area contributed by atoms with E-state index in [1.54, 1.807) is 43.3 Å². The van der Waals surface area contributed by atoms with Gasteiger partial charge in [-0.2, -0.15) is 0 Å². The Bertz CT molecular complexity index is 1650. The number of carbonyl (C=O) groups excluding carboxylic acids is 2. The van der Waals surface area contributed by atoms with Crippen LogP contribution in [0, 0.1) is 12.7 Å². The van der Waals surface area contributed by atoms with Crippen LogP contribution in [0.5, 0.6) is 0 Å². The first-order chi connectivity index (χ1) is 20.6. The third kappa shape index (κ3) is 8.00. The molecule has 1 N–H and O–H groups in total. The highest BCUT2D eigenvalue weighted by atomic mass is 35.5.